The minimum absolute atomic E-state index is 0.0298. The first kappa shape index (κ1) is 19.0. The summed E-state index contributed by atoms with van der Waals surface area (Å²) in [6.45, 7) is 0.431. The van der Waals surface area contributed by atoms with Crippen molar-refractivity contribution in [2.45, 2.75) is 31.5 Å². The highest BCUT2D eigenvalue weighted by Gasteiger charge is 2.34. The zero-order valence-corrected chi connectivity index (χ0v) is 13.8. The summed E-state index contributed by atoms with van der Waals surface area (Å²) in [4.78, 5) is 29.0. The van der Waals surface area contributed by atoms with Crippen LogP contribution < -0.4 is 0 Å². The van der Waals surface area contributed by atoms with Crippen LogP contribution in [0.25, 0.3) is 0 Å². The van der Waals surface area contributed by atoms with E-state index in [1.54, 1.807) is 0 Å². The third-order valence-electron chi connectivity index (χ3n) is 4.47. The molecule has 0 saturated carbocycles. The summed E-state index contributed by atoms with van der Waals surface area (Å²) in [5.41, 5.74) is 0. The zero-order chi connectivity index (χ0) is 17.7. The van der Waals surface area contributed by atoms with Crippen molar-refractivity contribution in [3.8, 4) is 0 Å². The van der Waals surface area contributed by atoms with E-state index in [0.29, 0.717) is 13.0 Å². The van der Waals surface area contributed by atoms with Gasteiger partial charge in [0.15, 0.2) is 0 Å². The number of alkyl halides is 3. The minimum atomic E-state index is -4.22. The van der Waals surface area contributed by atoms with Gasteiger partial charge >= 0.3 is 6.18 Å². The van der Waals surface area contributed by atoms with E-state index < -0.39 is 18.8 Å². The van der Waals surface area contributed by atoms with Gasteiger partial charge in [-0.1, -0.05) is 0 Å². The monoisotopic (exact) mass is 351 g/mol. The minimum Gasteiger partial charge on any atom is -0.372 e. The number of piperazine rings is 1. The molecule has 0 aromatic heterocycles. The van der Waals surface area contributed by atoms with Crippen LogP contribution in [0.1, 0.15) is 19.3 Å². The van der Waals surface area contributed by atoms with Crippen molar-refractivity contribution in [2.75, 3.05) is 52.9 Å². The lowest BCUT2D eigenvalue weighted by Crippen LogP contribution is -2.53. The SMILES string of the molecule is COC1CCCCN(CC(=O)N2CCN(CC(F)(F)F)CC2)C1=O. The fourth-order valence-corrected chi connectivity index (χ4v) is 3.12. The number of amides is 2. The molecule has 1 atom stereocenters. The quantitative estimate of drug-likeness (QED) is 0.749. The molecule has 0 radical (unpaired) electrons. The Morgan fingerprint density at radius 2 is 1.83 bits per heavy atom. The maximum absolute atomic E-state index is 12.4. The van der Waals surface area contributed by atoms with Crippen LogP contribution in [0.4, 0.5) is 13.2 Å². The van der Waals surface area contributed by atoms with Gasteiger partial charge in [-0.3, -0.25) is 14.5 Å². The van der Waals surface area contributed by atoms with Crippen molar-refractivity contribution in [3.05, 3.63) is 0 Å². The van der Waals surface area contributed by atoms with E-state index in [1.165, 1.54) is 21.8 Å². The number of carbonyl (C=O) groups is 2. The standard InChI is InChI=1S/C15H24F3N3O3/c1-24-12-4-2-3-5-21(14(12)23)10-13(22)20-8-6-19(7-9-20)11-15(16,17)18/h12H,2-11H2,1H3. The molecule has 0 spiro atoms. The summed E-state index contributed by atoms with van der Waals surface area (Å²) in [5, 5.41) is 0. The molecular formula is C15H24F3N3O3. The van der Waals surface area contributed by atoms with E-state index in [0.717, 1.165) is 12.8 Å². The highest BCUT2D eigenvalue weighted by Crippen LogP contribution is 2.18. The number of hydrogen-bond acceptors (Lipinski definition) is 4. The Hall–Kier alpha value is -1.35. The molecule has 24 heavy (non-hydrogen) atoms. The maximum atomic E-state index is 12.4. The highest BCUT2D eigenvalue weighted by molar-refractivity contribution is 5.87. The molecule has 2 amide bonds. The molecule has 2 aliphatic rings. The number of rotatable bonds is 4. The van der Waals surface area contributed by atoms with Crippen molar-refractivity contribution >= 4 is 11.8 Å². The van der Waals surface area contributed by atoms with Crippen LogP contribution >= 0.6 is 0 Å². The fraction of sp³-hybridized carbons (Fsp3) is 0.867. The number of methoxy groups -OCH3 is 1. The Kier molecular flexibility index (Phi) is 6.45. The number of ether oxygens (including phenoxy) is 1. The summed E-state index contributed by atoms with van der Waals surface area (Å²) in [5.74, 6) is -0.397. The average Bonchev–Trinajstić information content (AvgIpc) is 2.68. The van der Waals surface area contributed by atoms with Gasteiger partial charge in [0, 0.05) is 39.8 Å². The van der Waals surface area contributed by atoms with E-state index in [4.69, 9.17) is 4.74 Å². The maximum Gasteiger partial charge on any atom is 0.401 e. The third-order valence-corrected chi connectivity index (χ3v) is 4.47. The second-order valence-electron chi connectivity index (χ2n) is 6.25. The van der Waals surface area contributed by atoms with Gasteiger partial charge in [0.25, 0.3) is 5.91 Å². The summed E-state index contributed by atoms with van der Waals surface area (Å²) in [6.07, 6.45) is -2.40. The van der Waals surface area contributed by atoms with Gasteiger partial charge < -0.3 is 14.5 Å². The first-order chi connectivity index (χ1) is 11.3. The van der Waals surface area contributed by atoms with Crippen LogP contribution in [0.3, 0.4) is 0 Å². The lowest BCUT2D eigenvalue weighted by Gasteiger charge is -2.36. The Morgan fingerprint density at radius 1 is 1.17 bits per heavy atom. The lowest BCUT2D eigenvalue weighted by molar-refractivity contribution is -0.154. The molecule has 1 unspecified atom stereocenters. The Balaban J connectivity index is 1.83. The number of hydrogen-bond donors (Lipinski definition) is 0. The van der Waals surface area contributed by atoms with Crippen LogP contribution in [0.2, 0.25) is 0 Å². The number of halogens is 3. The van der Waals surface area contributed by atoms with Crippen molar-refractivity contribution < 1.29 is 27.5 Å². The van der Waals surface area contributed by atoms with E-state index >= 15 is 0 Å². The number of likely N-dealkylation sites (tertiary alicyclic amines) is 1. The van der Waals surface area contributed by atoms with Crippen LogP contribution in [0.15, 0.2) is 0 Å². The molecular weight excluding hydrogens is 327 g/mol. The van der Waals surface area contributed by atoms with Gasteiger partial charge in [0.1, 0.15) is 6.10 Å². The summed E-state index contributed by atoms with van der Waals surface area (Å²) < 4.78 is 42.3. The van der Waals surface area contributed by atoms with Gasteiger partial charge in [0.2, 0.25) is 5.91 Å². The molecule has 2 heterocycles. The second-order valence-corrected chi connectivity index (χ2v) is 6.25. The molecule has 0 aliphatic carbocycles. The molecule has 0 bridgehead atoms. The highest BCUT2D eigenvalue weighted by atomic mass is 19.4. The first-order valence-corrected chi connectivity index (χ1v) is 8.18. The number of carbonyl (C=O) groups excluding carboxylic acids is 2. The smallest absolute Gasteiger partial charge is 0.372 e. The molecule has 2 fully saturated rings. The lowest BCUT2D eigenvalue weighted by atomic mass is 10.2. The molecule has 0 aromatic rings. The van der Waals surface area contributed by atoms with Crippen molar-refractivity contribution in [1.82, 2.24) is 14.7 Å². The van der Waals surface area contributed by atoms with Crippen molar-refractivity contribution in [1.29, 1.82) is 0 Å². The van der Waals surface area contributed by atoms with Crippen LogP contribution in [0, 0.1) is 0 Å². The van der Waals surface area contributed by atoms with Crippen molar-refractivity contribution in [2.24, 2.45) is 0 Å². The second kappa shape index (κ2) is 8.15. The van der Waals surface area contributed by atoms with Crippen LogP contribution in [0.5, 0.6) is 0 Å². The molecule has 6 nitrogen and oxygen atoms in total. The summed E-state index contributed by atoms with van der Waals surface area (Å²) >= 11 is 0. The van der Waals surface area contributed by atoms with Crippen molar-refractivity contribution in [3.63, 3.8) is 0 Å². The van der Waals surface area contributed by atoms with E-state index in [2.05, 4.69) is 0 Å². The van der Waals surface area contributed by atoms with E-state index in [-0.39, 0.29) is 44.5 Å². The van der Waals surface area contributed by atoms with Crippen LogP contribution in [-0.2, 0) is 14.3 Å². The molecule has 0 aromatic carbocycles. The van der Waals surface area contributed by atoms with Crippen LogP contribution in [-0.4, -0.2) is 91.7 Å². The molecule has 9 heteroatoms. The van der Waals surface area contributed by atoms with Gasteiger partial charge in [-0.25, -0.2) is 0 Å². The van der Waals surface area contributed by atoms with Gasteiger partial charge in [-0.2, -0.15) is 13.2 Å². The summed E-state index contributed by atoms with van der Waals surface area (Å²) in [6, 6.07) is 0. The topological polar surface area (TPSA) is 53.1 Å². The molecule has 2 saturated heterocycles. The van der Waals surface area contributed by atoms with E-state index in [9.17, 15) is 22.8 Å². The first-order valence-electron chi connectivity index (χ1n) is 8.18. The fourth-order valence-electron chi connectivity index (χ4n) is 3.12. The molecule has 0 N–H and O–H groups in total. The number of nitrogens with zero attached hydrogens (tertiary/aromatic N) is 3. The Morgan fingerprint density at radius 3 is 2.42 bits per heavy atom. The summed E-state index contributed by atoms with van der Waals surface area (Å²) in [7, 11) is 1.48. The van der Waals surface area contributed by atoms with Gasteiger partial charge in [-0.15, -0.1) is 0 Å². The van der Waals surface area contributed by atoms with Gasteiger partial charge in [-0.05, 0) is 19.3 Å². The van der Waals surface area contributed by atoms with E-state index in [1.807, 2.05) is 0 Å². The third kappa shape index (κ3) is 5.34. The zero-order valence-electron chi connectivity index (χ0n) is 13.8. The molecule has 2 rings (SSSR count). The molecule has 2 aliphatic heterocycles. The average molecular weight is 351 g/mol. The predicted molar refractivity (Wildman–Crippen MR) is 80.3 cm³/mol. The molecule has 138 valence electrons. The normalized spacial score (nSPS) is 24.2. The predicted octanol–water partition coefficient (Wildman–Crippen LogP) is 0.720. The van der Waals surface area contributed by atoms with Gasteiger partial charge in [0.05, 0.1) is 13.1 Å². The Labute approximate surface area is 139 Å². The largest absolute Gasteiger partial charge is 0.401 e. The Bertz CT molecular complexity index is 451.